The van der Waals surface area contributed by atoms with Crippen LogP contribution in [-0.2, 0) is 14.3 Å². The number of nitrogens with zero attached hydrogens (tertiary/aromatic N) is 1. The van der Waals surface area contributed by atoms with Crippen molar-refractivity contribution in [1.82, 2.24) is 10.2 Å². The second-order valence-electron chi connectivity index (χ2n) is 5.99. The third-order valence-corrected chi connectivity index (χ3v) is 4.65. The molecule has 6 nitrogen and oxygen atoms in total. The maximum Gasteiger partial charge on any atom is 0.325 e. The number of rotatable bonds is 3. The Hall–Kier alpha value is -1.43. The molecular formula is C14H20N2O4. The van der Waals surface area contributed by atoms with Gasteiger partial charge in [0.1, 0.15) is 5.54 Å². The molecule has 1 aliphatic carbocycles. The van der Waals surface area contributed by atoms with E-state index >= 15 is 0 Å². The molecule has 20 heavy (non-hydrogen) atoms. The van der Waals surface area contributed by atoms with Crippen molar-refractivity contribution in [1.29, 1.82) is 0 Å². The molecule has 2 aliphatic heterocycles. The molecule has 1 unspecified atom stereocenters. The second-order valence-corrected chi connectivity index (χ2v) is 5.99. The van der Waals surface area contributed by atoms with Crippen LogP contribution in [0.25, 0.3) is 0 Å². The van der Waals surface area contributed by atoms with Gasteiger partial charge < -0.3 is 10.1 Å². The van der Waals surface area contributed by atoms with Crippen LogP contribution in [0, 0.1) is 5.92 Å². The minimum atomic E-state index is -0.734. The van der Waals surface area contributed by atoms with Crippen LogP contribution >= 0.6 is 0 Å². The minimum Gasteiger partial charge on any atom is -0.381 e. The predicted octanol–water partition coefficient (Wildman–Crippen LogP) is 0.847. The van der Waals surface area contributed by atoms with Gasteiger partial charge >= 0.3 is 6.03 Å². The Morgan fingerprint density at radius 2 is 2.05 bits per heavy atom. The van der Waals surface area contributed by atoms with Crippen LogP contribution in [0.15, 0.2) is 0 Å². The summed E-state index contributed by atoms with van der Waals surface area (Å²) in [6.07, 6.45) is 5.06. The summed E-state index contributed by atoms with van der Waals surface area (Å²) < 4.78 is 5.18. The number of Topliss-reactive ketones (excluding diaryl/α,β-unsaturated/α-hetero) is 1. The summed E-state index contributed by atoms with van der Waals surface area (Å²) in [6.45, 7) is 0.883. The van der Waals surface area contributed by atoms with Crippen molar-refractivity contribution < 1.29 is 19.1 Å². The van der Waals surface area contributed by atoms with Gasteiger partial charge in [-0.2, -0.15) is 0 Å². The van der Waals surface area contributed by atoms with E-state index in [-0.39, 0.29) is 24.2 Å². The number of urea groups is 1. The van der Waals surface area contributed by atoms with Crippen LogP contribution in [0.4, 0.5) is 4.79 Å². The van der Waals surface area contributed by atoms with Crippen LogP contribution in [0.1, 0.15) is 38.5 Å². The van der Waals surface area contributed by atoms with Crippen molar-refractivity contribution in [2.45, 2.75) is 44.1 Å². The van der Waals surface area contributed by atoms with Crippen LogP contribution in [0.3, 0.4) is 0 Å². The Morgan fingerprint density at radius 1 is 1.30 bits per heavy atom. The number of amides is 3. The second kappa shape index (κ2) is 5.16. The fourth-order valence-electron chi connectivity index (χ4n) is 3.39. The average molecular weight is 280 g/mol. The zero-order valence-electron chi connectivity index (χ0n) is 11.5. The predicted molar refractivity (Wildman–Crippen MR) is 70.0 cm³/mol. The number of ketones is 1. The van der Waals surface area contributed by atoms with E-state index in [0.29, 0.717) is 32.5 Å². The molecule has 0 bridgehead atoms. The minimum absolute atomic E-state index is 0.0705. The molecule has 2 heterocycles. The van der Waals surface area contributed by atoms with E-state index in [4.69, 9.17) is 4.74 Å². The van der Waals surface area contributed by atoms with Gasteiger partial charge in [0, 0.05) is 12.5 Å². The lowest BCUT2D eigenvalue weighted by Gasteiger charge is -2.30. The van der Waals surface area contributed by atoms with E-state index in [9.17, 15) is 14.4 Å². The van der Waals surface area contributed by atoms with Crippen LogP contribution in [0.2, 0.25) is 0 Å². The standard InChI is InChI=1S/C14H20N2O4/c17-11(10-4-7-20-9-10)8-16-12(18)14(15-13(16)19)5-2-1-3-6-14/h10H,1-9H2,(H,15,19). The van der Waals surface area contributed by atoms with Crippen molar-refractivity contribution in [3.05, 3.63) is 0 Å². The third kappa shape index (κ3) is 2.22. The Labute approximate surface area is 117 Å². The first-order chi connectivity index (χ1) is 9.62. The molecule has 2 saturated heterocycles. The molecular weight excluding hydrogens is 260 g/mol. The molecule has 110 valence electrons. The molecule has 1 N–H and O–H groups in total. The zero-order chi connectivity index (χ0) is 14.2. The smallest absolute Gasteiger partial charge is 0.325 e. The maximum atomic E-state index is 12.5. The van der Waals surface area contributed by atoms with Gasteiger partial charge in [0.15, 0.2) is 5.78 Å². The van der Waals surface area contributed by atoms with Crippen LogP contribution in [-0.4, -0.2) is 47.9 Å². The molecule has 1 spiro atoms. The van der Waals surface area contributed by atoms with Crippen molar-refractivity contribution >= 4 is 17.7 Å². The van der Waals surface area contributed by atoms with Gasteiger partial charge in [0.2, 0.25) is 0 Å². The van der Waals surface area contributed by atoms with Gasteiger partial charge in [-0.05, 0) is 19.3 Å². The lowest BCUT2D eigenvalue weighted by molar-refractivity contribution is -0.136. The first kappa shape index (κ1) is 13.5. The normalized spacial score (nSPS) is 29.0. The quantitative estimate of drug-likeness (QED) is 0.778. The highest BCUT2D eigenvalue weighted by Crippen LogP contribution is 2.33. The number of carbonyl (C=O) groups is 3. The summed E-state index contributed by atoms with van der Waals surface area (Å²) in [5.74, 6) is -0.452. The summed E-state index contributed by atoms with van der Waals surface area (Å²) in [7, 11) is 0. The average Bonchev–Trinajstić information content (AvgIpc) is 3.04. The largest absolute Gasteiger partial charge is 0.381 e. The number of nitrogens with one attached hydrogen (secondary N) is 1. The Morgan fingerprint density at radius 3 is 2.70 bits per heavy atom. The number of imide groups is 1. The molecule has 3 rings (SSSR count). The van der Waals surface area contributed by atoms with Crippen molar-refractivity contribution in [2.75, 3.05) is 19.8 Å². The topological polar surface area (TPSA) is 75.7 Å². The highest BCUT2D eigenvalue weighted by molar-refractivity contribution is 6.09. The Bertz CT molecular complexity index is 436. The van der Waals surface area contributed by atoms with Crippen molar-refractivity contribution in [2.24, 2.45) is 5.92 Å². The van der Waals surface area contributed by atoms with Gasteiger partial charge in [-0.3, -0.25) is 14.5 Å². The lowest BCUT2D eigenvalue weighted by atomic mass is 9.81. The summed E-state index contributed by atoms with van der Waals surface area (Å²) in [5, 5.41) is 2.82. The molecule has 0 aromatic heterocycles. The fraction of sp³-hybridized carbons (Fsp3) is 0.786. The third-order valence-electron chi connectivity index (χ3n) is 4.65. The van der Waals surface area contributed by atoms with E-state index in [2.05, 4.69) is 5.32 Å². The van der Waals surface area contributed by atoms with E-state index in [0.717, 1.165) is 24.2 Å². The highest BCUT2D eigenvalue weighted by atomic mass is 16.5. The van der Waals surface area contributed by atoms with Gasteiger partial charge in [-0.25, -0.2) is 4.79 Å². The van der Waals surface area contributed by atoms with E-state index in [1.165, 1.54) is 0 Å². The monoisotopic (exact) mass is 280 g/mol. The van der Waals surface area contributed by atoms with E-state index in [1.807, 2.05) is 0 Å². The lowest BCUT2D eigenvalue weighted by Crippen LogP contribution is -2.48. The molecule has 0 radical (unpaired) electrons. The summed E-state index contributed by atoms with van der Waals surface area (Å²) in [4.78, 5) is 37.7. The number of carbonyl (C=O) groups excluding carboxylic acids is 3. The molecule has 1 saturated carbocycles. The number of hydrogen-bond acceptors (Lipinski definition) is 4. The molecule has 3 fully saturated rings. The van der Waals surface area contributed by atoms with Crippen LogP contribution in [0.5, 0.6) is 0 Å². The number of ether oxygens (including phenoxy) is 1. The Balaban J connectivity index is 1.68. The maximum absolute atomic E-state index is 12.5. The van der Waals surface area contributed by atoms with Crippen LogP contribution < -0.4 is 5.32 Å². The molecule has 3 amide bonds. The molecule has 3 aliphatic rings. The Kier molecular flexibility index (Phi) is 3.50. The summed E-state index contributed by atoms with van der Waals surface area (Å²) in [6, 6.07) is -0.413. The zero-order valence-corrected chi connectivity index (χ0v) is 11.5. The molecule has 0 aromatic carbocycles. The number of hydrogen-bond donors (Lipinski definition) is 1. The van der Waals surface area contributed by atoms with E-state index < -0.39 is 11.6 Å². The molecule has 0 aromatic rings. The first-order valence-electron chi connectivity index (χ1n) is 7.37. The summed E-state index contributed by atoms with van der Waals surface area (Å²) >= 11 is 0. The SMILES string of the molecule is O=C(CN1C(=O)NC2(CCCCC2)C1=O)C1CCOC1. The van der Waals surface area contributed by atoms with Crippen molar-refractivity contribution in [3.63, 3.8) is 0 Å². The summed E-state index contributed by atoms with van der Waals surface area (Å²) in [5.41, 5.74) is -0.734. The van der Waals surface area contributed by atoms with Gasteiger partial charge in [-0.1, -0.05) is 19.3 Å². The van der Waals surface area contributed by atoms with Crippen molar-refractivity contribution in [3.8, 4) is 0 Å². The van der Waals surface area contributed by atoms with Gasteiger partial charge in [-0.15, -0.1) is 0 Å². The first-order valence-corrected chi connectivity index (χ1v) is 7.37. The van der Waals surface area contributed by atoms with Gasteiger partial charge in [0.25, 0.3) is 5.91 Å². The molecule has 6 heteroatoms. The van der Waals surface area contributed by atoms with Gasteiger partial charge in [0.05, 0.1) is 13.2 Å². The highest BCUT2D eigenvalue weighted by Gasteiger charge is 2.51. The fourth-order valence-corrected chi connectivity index (χ4v) is 3.39. The van der Waals surface area contributed by atoms with E-state index in [1.54, 1.807) is 0 Å². The molecule has 1 atom stereocenters.